The molecule has 0 aromatic carbocycles. The Morgan fingerprint density at radius 1 is 1.54 bits per heavy atom. The van der Waals surface area contributed by atoms with Gasteiger partial charge in [0, 0.05) is 29.1 Å². The fraction of sp³-hybridized carbons (Fsp3) is 0.800. The molecule has 3 heteroatoms. The lowest BCUT2D eigenvalue weighted by Gasteiger charge is -2.21. The fourth-order valence-electron chi connectivity index (χ4n) is 1.22. The van der Waals surface area contributed by atoms with Crippen LogP contribution in [0.1, 0.15) is 13.3 Å². The Labute approximate surface area is 90.1 Å². The summed E-state index contributed by atoms with van der Waals surface area (Å²) in [7, 11) is 0. The summed E-state index contributed by atoms with van der Waals surface area (Å²) in [5.41, 5.74) is 1.28. The van der Waals surface area contributed by atoms with E-state index in [1.165, 1.54) is 29.4 Å². The van der Waals surface area contributed by atoms with Crippen LogP contribution in [0.4, 0.5) is 0 Å². The van der Waals surface area contributed by atoms with Gasteiger partial charge in [0.1, 0.15) is 0 Å². The van der Waals surface area contributed by atoms with Crippen LogP contribution in [-0.4, -0.2) is 35.6 Å². The molecule has 1 unspecified atom stereocenters. The van der Waals surface area contributed by atoms with Crippen molar-refractivity contribution < 1.29 is 0 Å². The summed E-state index contributed by atoms with van der Waals surface area (Å²) in [6.07, 6.45) is 1.12. The molecule has 0 aromatic rings. The molecule has 1 nitrogen and oxygen atoms in total. The van der Waals surface area contributed by atoms with Crippen molar-refractivity contribution in [2.45, 2.75) is 18.6 Å². The lowest BCUT2D eigenvalue weighted by atomic mass is 10.2. The molecule has 1 fully saturated rings. The number of hydrogen-bond acceptors (Lipinski definition) is 3. The summed E-state index contributed by atoms with van der Waals surface area (Å²) in [6.45, 7) is 8.25. The molecule has 0 aromatic heterocycles. The van der Waals surface area contributed by atoms with E-state index in [9.17, 15) is 0 Å². The molecular formula is C10H19NS2. The van der Waals surface area contributed by atoms with Crippen molar-refractivity contribution in [2.24, 2.45) is 0 Å². The first-order chi connectivity index (χ1) is 6.29. The van der Waals surface area contributed by atoms with E-state index >= 15 is 0 Å². The third-order valence-corrected chi connectivity index (χ3v) is 4.83. The molecule has 1 saturated heterocycles. The summed E-state index contributed by atoms with van der Waals surface area (Å²) in [5.74, 6) is 4.00. The van der Waals surface area contributed by atoms with Crippen LogP contribution in [0.2, 0.25) is 0 Å². The Hall–Kier alpha value is 0.400. The standard InChI is InChI=1S/C10H19NS2/c1-9(2)3-4-11-7-10-8-12-5-6-13-10/h10-11H,1,3-8H2,2H3. The Bertz CT molecular complexity index is 153. The van der Waals surface area contributed by atoms with Gasteiger partial charge in [0.05, 0.1) is 0 Å². The van der Waals surface area contributed by atoms with Crippen molar-refractivity contribution in [2.75, 3.05) is 30.3 Å². The molecular weight excluding hydrogens is 198 g/mol. The second-order valence-electron chi connectivity index (χ2n) is 3.48. The molecule has 1 rings (SSSR count). The average Bonchev–Trinajstić information content (AvgIpc) is 2.14. The van der Waals surface area contributed by atoms with Gasteiger partial charge in [0.25, 0.3) is 0 Å². The van der Waals surface area contributed by atoms with Crippen LogP contribution in [0, 0.1) is 0 Å². The van der Waals surface area contributed by atoms with Crippen molar-refractivity contribution in [1.29, 1.82) is 0 Å². The maximum Gasteiger partial charge on any atom is 0.0263 e. The SMILES string of the molecule is C=C(C)CCNCC1CSCCS1. The second kappa shape index (κ2) is 6.80. The van der Waals surface area contributed by atoms with Crippen molar-refractivity contribution in [1.82, 2.24) is 5.32 Å². The zero-order valence-corrected chi connectivity index (χ0v) is 9.98. The van der Waals surface area contributed by atoms with E-state index < -0.39 is 0 Å². The van der Waals surface area contributed by atoms with Crippen LogP contribution in [-0.2, 0) is 0 Å². The fourth-order valence-corrected chi connectivity index (χ4v) is 3.87. The number of thioether (sulfide) groups is 2. The Balaban J connectivity index is 1.95. The summed E-state index contributed by atoms with van der Waals surface area (Å²) in [6, 6.07) is 0. The van der Waals surface area contributed by atoms with Crippen molar-refractivity contribution in [3.8, 4) is 0 Å². The maximum absolute atomic E-state index is 3.89. The van der Waals surface area contributed by atoms with Crippen LogP contribution in [0.5, 0.6) is 0 Å². The third kappa shape index (κ3) is 5.66. The highest BCUT2D eigenvalue weighted by Gasteiger charge is 2.12. The molecule has 0 bridgehead atoms. The number of hydrogen-bond donors (Lipinski definition) is 1. The minimum Gasteiger partial charge on any atom is -0.315 e. The minimum absolute atomic E-state index is 0.837. The third-order valence-electron chi connectivity index (χ3n) is 1.99. The van der Waals surface area contributed by atoms with Crippen LogP contribution < -0.4 is 5.32 Å². The van der Waals surface area contributed by atoms with Gasteiger partial charge in [0.2, 0.25) is 0 Å². The Kier molecular flexibility index (Phi) is 6.00. The van der Waals surface area contributed by atoms with E-state index in [-0.39, 0.29) is 0 Å². The van der Waals surface area contributed by atoms with Gasteiger partial charge < -0.3 is 5.32 Å². The first-order valence-corrected chi connectivity index (χ1v) is 7.04. The summed E-state index contributed by atoms with van der Waals surface area (Å²) in [4.78, 5) is 0. The van der Waals surface area contributed by atoms with E-state index in [0.717, 1.165) is 18.2 Å². The van der Waals surface area contributed by atoms with Crippen molar-refractivity contribution >= 4 is 23.5 Å². The molecule has 0 spiro atoms. The van der Waals surface area contributed by atoms with Crippen LogP contribution in [0.15, 0.2) is 12.2 Å². The molecule has 1 aliphatic heterocycles. The second-order valence-corrected chi connectivity index (χ2v) is 6.04. The predicted molar refractivity (Wildman–Crippen MR) is 65.9 cm³/mol. The highest BCUT2D eigenvalue weighted by molar-refractivity contribution is 8.06. The van der Waals surface area contributed by atoms with Gasteiger partial charge in [-0.25, -0.2) is 0 Å². The summed E-state index contributed by atoms with van der Waals surface area (Å²) < 4.78 is 0. The monoisotopic (exact) mass is 217 g/mol. The quantitative estimate of drug-likeness (QED) is 0.561. The Morgan fingerprint density at radius 2 is 2.38 bits per heavy atom. The zero-order valence-electron chi connectivity index (χ0n) is 8.34. The van der Waals surface area contributed by atoms with Gasteiger partial charge in [-0.2, -0.15) is 23.5 Å². The van der Waals surface area contributed by atoms with Gasteiger partial charge in [-0.15, -0.1) is 6.58 Å². The predicted octanol–water partition coefficient (Wildman–Crippen LogP) is 2.39. The summed E-state index contributed by atoms with van der Waals surface area (Å²) >= 11 is 4.21. The minimum atomic E-state index is 0.837. The molecule has 0 saturated carbocycles. The van der Waals surface area contributed by atoms with Crippen LogP contribution in [0.3, 0.4) is 0 Å². The van der Waals surface area contributed by atoms with Crippen molar-refractivity contribution in [3.05, 3.63) is 12.2 Å². The molecule has 1 heterocycles. The Morgan fingerprint density at radius 3 is 3.00 bits per heavy atom. The van der Waals surface area contributed by atoms with Gasteiger partial charge in [0.15, 0.2) is 0 Å². The first kappa shape index (κ1) is 11.5. The van der Waals surface area contributed by atoms with Crippen LogP contribution in [0.25, 0.3) is 0 Å². The van der Waals surface area contributed by atoms with E-state index in [0.29, 0.717) is 0 Å². The highest BCUT2D eigenvalue weighted by Crippen LogP contribution is 2.23. The first-order valence-electron chi connectivity index (χ1n) is 4.83. The highest BCUT2D eigenvalue weighted by atomic mass is 32.2. The molecule has 1 atom stereocenters. The topological polar surface area (TPSA) is 12.0 Å². The van der Waals surface area contributed by atoms with Gasteiger partial charge in [-0.05, 0) is 19.9 Å². The van der Waals surface area contributed by atoms with Crippen molar-refractivity contribution in [3.63, 3.8) is 0 Å². The zero-order chi connectivity index (χ0) is 9.52. The summed E-state index contributed by atoms with van der Waals surface area (Å²) in [5, 5.41) is 4.33. The molecule has 0 amide bonds. The lowest BCUT2D eigenvalue weighted by Crippen LogP contribution is -2.29. The maximum atomic E-state index is 3.89. The van der Waals surface area contributed by atoms with Gasteiger partial charge in [-0.1, -0.05) is 5.57 Å². The normalized spacial score (nSPS) is 23.0. The largest absolute Gasteiger partial charge is 0.315 e. The van der Waals surface area contributed by atoms with E-state index in [4.69, 9.17) is 0 Å². The van der Waals surface area contributed by atoms with Gasteiger partial charge in [-0.3, -0.25) is 0 Å². The lowest BCUT2D eigenvalue weighted by molar-refractivity contribution is 0.679. The molecule has 13 heavy (non-hydrogen) atoms. The molecule has 1 N–H and O–H groups in total. The van der Waals surface area contributed by atoms with E-state index in [1.807, 2.05) is 0 Å². The molecule has 0 aliphatic carbocycles. The van der Waals surface area contributed by atoms with E-state index in [2.05, 4.69) is 42.3 Å². The van der Waals surface area contributed by atoms with Crippen LogP contribution >= 0.6 is 23.5 Å². The average molecular weight is 217 g/mol. The number of rotatable bonds is 5. The smallest absolute Gasteiger partial charge is 0.0263 e. The molecule has 76 valence electrons. The molecule has 0 radical (unpaired) electrons. The van der Waals surface area contributed by atoms with Gasteiger partial charge >= 0.3 is 0 Å². The number of nitrogens with one attached hydrogen (secondary N) is 1. The van der Waals surface area contributed by atoms with E-state index in [1.54, 1.807) is 0 Å². The molecule has 1 aliphatic rings.